The number of carbonyl (C=O) groups is 1. The fourth-order valence-electron chi connectivity index (χ4n) is 1.09. The lowest BCUT2D eigenvalue weighted by molar-refractivity contribution is -0.128. The Morgan fingerprint density at radius 2 is 1.87 bits per heavy atom. The fraction of sp³-hybridized carbons (Fsp3) is 0.462. The lowest BCUT2D eigenvalue weighted by Crippen LogP contribution is -1.88. The molecule has 2 heteroatoms. The Morgan fingerprint density at radius 1 is 1.27 bits per heavy atom. The van der Waals surface area contributed by atoms with Crippen molar-refractivity contribution in [2.75, 3.05) is 6.61 Å². The number of carbonyl (C=O) groups excluding carboxylic acids is 1. The van der Waals surface area contributed by atoms with E-state index in [1.54, 1.807) is 6.92 Å². The molecule has 0 N–H and O–H groups in total. The molecule has 0 bridgehead atoms. The molecule has 1 aromatic carbocycles. The normalized spacial score (nSPS) is 10.9. The summed E-state index contributed by atoms with van der Waals surface area (Å²) in [7, 11) is 0. The molecule has 15 heavy (non-hydrogen) atoms. The van der Waals surface area contributed by atoms with Gasteiger partial charge in [-0.15, -0.1) is 0 Å². The molecule has 0 radical (unpaired) electrons. The van der Waals surface area contributed by atoms with Crippen LogP contribution in [0.2, 0.25) is 0 Å². The standard InChI is InChI=1S/C10H14.C3H6O2/c1-3-9(2)10-7-5-4-6-8-10;1-2-5-3-4/h4-9H,3H2,1-2H3;3H,2H2,1H3. The first-order valence-corrected chi connectivity index (χ1v) is 5.36. The predicted molar refractivity (Wildman–Crippen MR) is 62.8 cm³/mol. The molecule has 0 saturated carbocycles. The van der Waals surface area contributed by atoms with E-state index in [0.717, 1.165) is 0 Å². The lowest BCUT2D eigenvalue weighted by atomic mass is 9.99. The Labute approximate surface area is 92.3 Å². The predicted octanol–water partition coefficient (Wildman–Crippen LogP) is 3.38. The topological polar surface area (TPSA) is 26.3 Å². The first kappa shape index (κ1) is 13.7. The maximum absolute atomic E-state index is 9.18. The van der Waals surface area contributed by atoms with Gasteiger partial charge in [-0.2, -0.15) is 0 Å². The van der Waals surface area contributed by atoms with E-state index in [1.165, 1.54) is 12.0 Å². The Balaban J connectivity index is 0.000000336. The van der Waals surface area contributed by atoms with Crippen LogP contribution in [0.15, 0.2) is 30.3 Å². The van der Waals surface area contributed by atoms with Crippen LogP contribution < -0.4 is 0 Å². The second-order valence-corrected chi connectivity index (χ2v) is 3.27. The molecule has 0 aliphatic rings. The second kappa shape index (κ2) is 9.25. The number of ether oxygens (including phenoxy) is 1. The quantitative estimate of drug-likeness (QED) is 0.709. The van der Waals surface area contributed by atoms with Gasteiger partial charge in [-0.1, -0.05) is 44.2 Å². The molecule has 1 unspecified atom stereocenters. The minimum Gasteiger partial charge on any atom is -0.468 e. The van der Waals surface area contributed by atoms with Gasteiger partial charge in [0.05, 0.1) is 6.61 Å². The van der Waals surface area contributed by atoms with Crippen LogP contribution in [0.3, 0.4) is 0 Å². The highest BCUT2D eigenvalue weighted by Crippen LogP contribution is 2.16. The van der Waals surface area contributed by atoms with Crippen LogP contribution >= 0.6 is 0 Å². The summed E-state index contributed by atoms with van der Waals surface area (Å²) in [6.07, 6.45) is 1.23. The van der Waals surface area contributed by atoms with Gasteiger partial charge in [-0.05, 0) is 24.8 Å². The second-order valence-electron chi connectivity index (χ2n) is 3.27. The molecule has 0 spiro atoms. The van der Waals surface area contributed by atoms with Gasteiger partial charge in [0.15, 0.2) is 0 Å². The van der Waals surface area contributed by atoms with Gasteiger partial charge < -0.3 is 4.74 Å². The molecule has 0 aromatic heterocycles. The van der Waals surface area contributed by atoms with E-state index in [2.05, 4.69) is 48.9 Å². The molecular formula is C13H20O2. The smallest absolute Gasteiger partial charge is 0.293 e. The van der Waals surface area contributed by atoms with Crippen molar-refractivity contribution in [2.24, 2.45) is 0 Å². The molecule has 0 aliphatic carbocycles. The summed E-state index contributed by atoms with van der Waals surface area (Å²) in [5.41, 5.74) is 1.45. The van der Waals surface area contributed by atoms with Gasteiger partial charge in [-0.25, -0.2) is 0 Å². The van der Waals surface area contributed by atoms with E-state index in [4.69, 9.17) is 0 Å². The summed E-state index contributed by atoms with van der Waals surface area (Å²) in [6, 6.07) is 10.6. The Morgan fingerprint density at radius 3 is 2.20 bits per heavy atom. The van der Waals surface area contributed by atoms with Crippen molar-refractivity contribution < 1.29 is 9.53 Å². The molecule has 1 rings (SSSR count). The van der Waals surface area contributed by atoms with Gasteiger partial charge in [0.1, 0.15) is 0 Å². The zero-order chi connectivity index (χ0) is 11.5. The van der Waals surface area contributed by atoms with Crippen molar-refractivity contribution in [3.8, 4) is 0 Å². The maximum Gasteiger partial charge on any atom is 0.293 e. The van der Waals surface area contributed by atoms with Crippen LogP contribution in [-0.4, -0.2) is 13.1 Å². The maximum atomic E-state index is 9.18. The number of benzene rings is 1. The minimum absolute atomic E-state index is 0.431. The SMILES string of the molecule is CCC(C)c1ccccc1.CCOC=O. The van der Waals surface area contributed by atoms with Crippen molar-refractivity contribution >= 4 is 6.47 Å². The van der Waals surface area contributed by atoms with E-state index in [1.807, 2.05) is 0 Å². The molecule has 0 fully saturated rings. The zero-order valence-electron chi connectivity index (χ0n) is 9.77. The first-order chi connectivity index (χ1) is 7.26. The van der Waals surface area contributed by atoms with E-state index in [0.29, 0.717) is 19.0 Å². The fourth-order valence-corrected chi connectivity index (χ4v) is 1.09. The van der Waals surface area contributed by atoms with Crippen molar-refractivity contribution in [2.45, 2.75) is 33.1 Å². The highest BCUT2D eigenvalue weighted by atomic mass is 16.5. The van der Waals surface area contributed by atoms with Gasteiger partial charge >= 0.3 is 0 Å². The van der Waals surface area contributed by atoms with Crippen LogP contribution in [0.5, 0.6) is 0 Å². The number of rotatable bonds is 4. The number of hydrogen-bond donors (Lipinski definition) is 0. The molecule has 1 atom stereocenters. The molecule has 0 aliphatic heterocycles. The Kier molecular flexibility index (Phi) is 8.44. The minimum atomic E-state index is 0.431. The van der Waals surface area contributed by atoms with Crippen LogP contribution in [0, 0.1) is 0 Å². The van der Waals surface area contributed by atoms with E-state index >= 15 is 0 Å². The van der Waals surface area contributed by atoms with E-state index < -0.39 is 0 Å². The molecule has 0 heterocycles. The van der Waals surface area contributed by atoms with Gasteiger partial charge in [0.25, 0.3) is 6.47 Å². The lowest BCUT2D eigenvalue weighted by Gasteiger charge is -2.06. The van der Waals surface area contributed by atoms with Crippen molar-refractivity contribution in [1.29, 1.82) is 0 Å². The summed E-state index contributed by atoms with van der Waals surface area (Å²) < 4.78 is 4.15. The van der Waals surface area contributed by atoms with Gasteiger partial charge in [0.2, 0.25) is 0 Å². The van der Waals surface area contributed by atoms with Crippen molar-refractivity contribution in [1.82, 2.24) is 0 Å². The average molecular weight is 208 g/mol. The summed E-state index contributed by atoms with van der Waals surface area (Å²) in [6.45, 7) is 7.14. The molecule has 1 aromatic rings. The summed E-state index contributed by atoms with van der Waals surface area (Å²) in [5.74, 6) is 0.709. The number of hydrogen-bond acceptors (Lipinski definition) is 2. The largest absolute Gasteiger partial charge is 0.468 e. The van der Waals surface area contributed by atoms with Crippen LogP contribution in [-0.2, 0) is 9.53 Å². The van der Waals surface area contributed by atoms with Gasteiger partial charge in [-0.3, -0.25) is 4.79 Å². The third kappa shape index (κ3) is 6.72. The highest BCUT2D eigenvalue weighted by Gasteiger charge is 1.98. The highest BCUT2D eigenvalue weighted by molar-refractivity contribution is 5.36. The van der Waals surface area contributed by atoms with Crippen LogP contribution in [0.4, 0.5) is 0 Å². The summed E-state index contributed by atoms with van der Waals surface area (Å²) in [5, 5.41) is 0. The molecule has 84 valence electrons. The average Bonchev–Trinajstić information content (AvgIpc) is 2.31. The van der Waals surface area contributed by atoms with Crippen LogP contribution in [0.25, 0.3) is 0 Å². The van der Waals surface area contributed by atoms with Gasteiger partial charge in [0, 0.05) is 0 Å². The van der Waals surface area contributed by atoms with E-state index in [9.17, 15) is 4.79 Å². The Bertz CT molecular complexity index is 244. The first-order valence-electron chi connectivity index (χ1n) is 5.36. The molecular weight excluding hydrogens is 188 g/mol. The monoisotopic (exact) mass is 208 g/mol. The third-order valence-corrected chi connectivity index (χ3v) is 2.22. The third-order valence-electron chi connectivity index (χ3n) is 2.22. The molecule has 0 amide bonds. The summed E-state index contributed by atoms with van der Waals surface area (Å²) >= 11 is 0. The van der Waals surface area contributed by atoms with Crippen molar-refractivity contribution in [3.63, 3.8) is 0 Å². The van der Waals surface area contributed by atoms with E-state index in [-0.39, 0.29) is 0 Å². The molecule has 2 nitrogen and oxygen atoms in total. The zero-order valence-corrected chi connectivity index (χ0v) is 9.77. The molecule has 0 saturated heterocycles. The van der Waals surface area contributed by atoms with Crippen LogP contribution in [0.1, 0.15) is 38.7 Å². The van der Waals surface area contributed by atoms with Crippen molar-refractivity contribution in [3.05, 3.63) is 35.9 Å². The summed E-state index contributed by atoms with van der Waals surface area (Å²) in [4.78, 5) is 9.18. The Hall–Kier alpha value is -1.31.